The lowest BCUT2D eigenvalue weighted by atomic mass is 10.1. The van der Waals surface area contributed by atoms with Crippen LogP contribution >= 0.6 is 0 Å². The second-order valence-electron chi connectivity index (χ2n) is 4.43. The van der Waals surface area contributed by atoms with Gasteiger partial charge >= 0.3 is 0 Å². The molecule has 0 heteroatoms. The molecule has 3 aromatic carbocycles. The molecule has 0 saturated carbocycles. The summed E-state index contributed by atoms with van der Waals surface area (Å²) in [5, 5.41) is 2.43. The van der Waals surface area contributed by atoms with Gasteiger partial charge in [-0.2, -0.15) is 0 Å². The molecule has 0 amide bonds. The van der Waals surface area contributed by atoms with Crippen LogP contribution in [-0.4, -0.2) is 0 Å². The minimum atomic E-state index is 0.986. The minimum absolute atomic E-state index is 0.986. The molecule has 0 heterocycles. The Morgan fingerprint density at radius 1 is 0.500 bits per heavy atom. The summed E-state index contributed by atoms with van der Waals surface area (Å²) in [5.41, 5.74) is 1.98. The van der Waals surface area contributed by atoms with E-state index in [-0.39, 0.29) is 0 Å². The van der Waals surface area contributed by atoms with Gasteiger partial charge in [-0.25, -0.2) is 0 Å². The highest BCUT2D eigenvalue weighted by atomic mass is 14.0. The predicted molar refractivity (Wildman–Crippen MR) is 84.1 cm³/mol. The lowest BCUT2D eigenvalue weighted by Gasteiger charge is -1.96. The van der Waals surface area contributed by atoms with Crippen LogP contribution in [0.25, 0.3) is 10.8 Å². The predicted octanol–water partition coefficient (Wildman–Crippen LogP) is 4.24. The van der Waals surface area contributed by atoms with Crippen molar-refractivity contribution in [1.82, 2.24) is 0 Å². The quantitative estimate of drug-likeness (QED) is 0.525. The van der Waals surface area contributed by atoms with Gasteiger partial charge in [0.1, 0.15) is 0 Å². The molecule has 20 heavy (non-hydrogen) atoms. The van der Waals surface area contributed by atoms with Crippen LogP contribution in [0.3, 0.4) is 0 Å². The van der Waals surface area contributed by atoms with Crippen molar-refractivity contribution in [3.05, 3.63) is 83.9 Å². The molecule has 0 radical (unpaired) electrons. The van der Waals surface area contributed by atoms with Crippen LogP contribution in [0.5, 0.6) is 0 Å². The summed E-state index contributed by atoms with van der Waals surface area (Å²) in [4.78, 5) is 0. The molecule has 0 aliphatic rings. The molecule has 92 valence electrons. The number of hydrogen-bond acceptors (Lipinski definition) is 0. The van der Waals surface area contributed by atoms with Crippen molar-refractivity contribution in [2.24, 2.45) is 0 Å². The van der Waals surface area contributed by atoms with Gasteiger partial charge in [-0.15, -0.1) is 0 Å². The molecular weight excluding hydrogens is 240 g/mol. The number of rotatable bonds is 0. The first-order chi connectivity index (χ1) is 9.92. The van der Waals surface area contributed by atoms with Crippen LogP contribution in [0.15, 0.2) is 72.8 Å². The van der Waals surface area contributed by atoms with Crippen molar-refractivity contribution in [2.45, 2.75) is 0 Å². The van der Waals surface area contributed by atoms with Crippen molar-refractivity contribution >= 4 is 10.8 Å². The Morgan fingerprint density at radius 3 is 1.95 bits per heavy atom. The zero-order chi connectivity index (χ0) is 13.6. The third-order valence-electron chi connectivity index (χ3n) is 3.00. The molecule has 0 N–H and O–H groups in total. The van der Waals surface area contributed by atoms with Crippen molar-refractivity contribution in [2.75, 3.05) is 0 Å². The first-order valence-electron chi connectivity index (χ1n) is 6.48. The second kappa shape index (κ2) is 5.79. The largest absolute Gasteiger partial charge is 0.0622 e. The van der Waals surface area contributed by atoms with Gasteiger partial charge in [0, 0.05) is 11.1 Å². The van der Waals surface area contributed by atoms with E-state index in [9.17, 15) is 0 Å². The van der Waals surface area contributed by atoms with E-state index in [1.807, 2.05) is 48.5 Å². The van der Waals surface area contributed by atoms with E-state index in [1.54, 1.807) is 0 Å². The van der Waals surface area contributed by atoms with E-state index in [2.05, 4.69) is 47.9 Å². The first kappa shape index (κ1) is 12.1. The molecular formula is C20H12. The molecule has 0 aliphatic carbocycles. The Morgan fingerprint density at radius 2 is 1.15 bits per heavy atom. The molecule has 0 aliphatic heterocycles. The third kappa shape index (κ3) is 2.89. The molecule has 0 spiro atoms. The van der Waals surface area contributed by atoms with Crippen LogP contribution < -0.4 is 0 Å². The Bertz CT molecular complexity index is 850. The van der Waals surface area contributed by atoms with Gasteiger partial charge in [-0.1, -0.05) is 60.4 Å². The standard InChI is InChI=1S/C20H12/c1-2-8-17(9-3-1)10-4-5-11-18-14-15-19-12-6-7-13-20(19)16-18/h1-3,6-9,12-16H. The Balaban J connectivity index is 1.84. The van der Waals surface area contributed by atoms with E-state index in [0.29, 0.717) is 0 Å². The smallest absolute Gasteiger partial charge is 0.0261 e. The number of benzene rings is 3. The highest BCUT2D eigenvalue weighted by Crippen LogP contribution is 2.14. The monoisotopic (exact) mass is 252 g/mol. The van der Waals surface area contributed by atoms with Gasteiger partial charge in [0.2, 0.25) is 0 Å². The van der Waals surface area contributed by atoms with Gasteiger partial charge in [0.15, 0.2) is 0 Å². The van der Waals surface area contributed by atoms with Crippen LogP contribution in [0, 0.1) is 23.7 Å². The molecule has 0 atom stereocenters. The lowest BCUT2D eigenvalue weighted by Crippen LogP contribution is -1.76. The van der Waals surface area contributed by atoms with Gasteiger partial charge in [-0.3, -0.25) is 0 Å². The molecule has 0 aromatic heterocycles. The fraction of sp³-hybridized carbons (Fsp3) is 0. The number of fused-ring (bicyclic) bond motifs is 1. The fourth-order valence-corrected chi connectivity index (χ4v) is 2.00. The van der Waals surface area contributed by atoms with E-state index < -0.39 is 0 Å². The highest BCUT2D eigenvalue weighted by molar-refractivity contribution is 5.83. The van der Waals surface area contributed by atoms with Crippen LogP contribution in [0.4, 0.5) is 0 Å². The van der Waals surface area contributed by atoms with E-state index in [0.717, 1.165) is 11.1 Å². The van der Waals surface area contributed by atoms with Crippen molar-refractivity contribution in [3.8, 4) is 23.7 Å². The van der Waals surface area contributed by atoms with Crippen molar-refractivity contribution in [1.29, 1.82) is 0 Å². The average molecular weight is 252 g/mol. The zero-order valence-electron chi connectivity index (χ0n) is 10.9. The normalized spacial score (nSPS) is 9.20. The van der Waals surface area contributed by atoms with Crippen molar-refractivity contribution < 1.29 is 0 Å². The second-order valence-corrected chi connectivity index (χ2v) is 4.43. The Kier molecular flexibility index (Phi) is 3.50. The van der Waals surface area contributed by atoms with Gasteiger partial charge in [0.05, 0.1) is 0 Å². The summed E-state index contributed by atoms with van der Waals surface area (Å²) in [6.07, 6.45) is 0. The maximum Gasteiger partial charge on any atom is 0.0261 e. The summed E-state index contributed by atoms with van der Waals surface area (Å²) >= 11 is 0. The topological polar surface area (TPSA) is 0 Å². The fourth-order valence-electron chi connectivity index (χ4n) is 2.00. The van der Waals surface area contributed by atoms with Crippen molar-refractivity contribution in [3.63, 3.8) is 0 Å². The molecule has 0 fully saturated rings. The van der Waals surface area contributed by atoms with Crippen LogP contribution in [0.1, 0.15) is 11.1 Å². The van der Waals surface area contributed by atoms with Gasteiger partial charge in [-0.05, 0) is 46.9 Å². The number of hydrogen-bond donors (Lipinski definition) is 0. The first-order valence-corrected chi connectivity index (χ1v) is 6.48. The molecule has 0 nitrogen and oxygen atoms in total. The van der Waals surface area contributed by atoms with E-state index in [4.69, 9.17) is 0 Å². The Hall–Kier alpha value is -2.96. The summed E-state index contributed by atoms with van der Waals surface area (Å²) in [5.74, 6) is 11.9. The molecule has 0 unspecified atom stereocenters. The van der Waals surface area contributed by atoms with Gasteiger partial charge in [0.25, 0.3) is 0 Å². The molecule has 0 bridgehead atoms. The zero-order valence-corrected chi connectivity index (χ0v) is 10.9. The molecule has 0 saturated heterocycles. The summed E-state index contributed by atoms with van der Waals surface area (Å²) in [6, 6.07) is 24.4. The molecule has 3 aromatic rings. The van der Waals surface area contributed by atoms with Crippen LogP contribution in [-0.2, 0) is 0 Å². The summed E-state index contributed by atoms with van der Waals surface area (Å²) in [6.45, 7) is 0. The SMILES string of the molecule is C(C#Cc1ccc2ccccc2c1)#Cc1ccccc1. The Labute approximate surface area is 119 Å². The lowest BCUT2D eigenvalue weighted by molar-refractivity contribution is 1.65. The third-order valence-corrected chi connectivity index (χ3v) is 3.00. The highest BCUT2D eigenvalue weighted by Gasteiger charge is 1.92. The maximum atomic E-state index is 3.08. The maximum absolute atomic E-state index is 3.08. The average Bonchev–Trinajstić information content (AvgIpc) is 2.52. The van der Waals surface area contributed by atoms with E-state index in [1.165, 1.54) is 10.8 Å². The summed E-state index contributed by atoms with van der Waals surface area (Å²) in [7, 11) is 0. The van der Waals surface area contributed by atoms with Gasteiger partial charge < -0.3 is 0 Å². The van der Waals surface area contributed by atoms with E-state index >= 15 is 0 Å². The molecule has 3 rings (SSSR count). The van der Waals surface area contributed by atoms with Crippen LogP contribution in [0.2, 0.25) is 0 Å². The summed E-state index contributed by atoms with van der Waals surface area (Å²) < 4.78 is 0. The minimum Gasteiger partial charge on any atom is -0.0622 e.